The Bertz CT molecular complexity index is 779. The first-order valence-corrected chi connectivity index (χ1v) is 9.98. The molecule has 4 aliphatic carbocycles. The fourth-order valence-corrected chi connectivity index (χ4v) is 6.11. The zero-order valence-electron chi connectivity index (χ0n) is 15.2. The molecule has 142 valence electrons. The summed E-state index contributed by atoms with van der Waals surface area (Å²) in [4.78, 5) is 24.4. The molecule has 6 heteroatoms. The number of hydrogen-bond acceptors (Lipinski definition) is 4. The molecule has 4 bridgehead atoms. The van der Waals surface area contributed by atoms with Gasteiger partial charge in [0.25, 0.3) is 5.91 Å². The predicted octanol–water partition coefficient (Wildman–Crippen LogP) is 4.30. The third kappa shape index (κ3) is 3.96. The third-order valence-corrected chi connectivity index (χ3v) is 6.73. The highest BCUT2D eigenvalue weighted by Crippen LogP contribution is 2.61. The topological polar surface area (TPSA) is 79.2 Å². The number of rotatable bonds is 5. The van der Waals surface area contributed by atoms with Gasteiger partial charge >= 0.3 is 5.97 Å². The molecule has 1 amide bonds. The Kier molecular flexibility index (Phi) is 4.86. The zero-order chi connectivity index (χ0) is 19.0. The Hall–Kier alpha value is -2.06. The molecule has 4 saturated carbocycles. The lowest BCUT2D eigenvalue weighted by atomic mass is 9.49. The fraction of sp³-hybridized carbons (Fsp3) is 0.571. The van der Waals surface area contributed by atoms with Crippen LogP contribution in [0.5, 0.6) is 0 Å². The van der Waals surface area contributed by atoms with Crippen molar-refractivity contribution in [3.8, 4) is 6.07 Å². The number of carbonyl (C=O) groups is 2. The summed E-state index contributed by atoms with van der Waals surface area (Å²) in [6.45, 7) is -0.303. The van der Waals surface area contributed by atoms with E-state index in [1.54, 1.807) is 6.07 Å². The van der Waals surface area contributed by atoms with Gasteiger partial charge in [0.15, 0.2) is 6.61 Å². The summed E-state index contributed by atoms with van der Waals surface area (Å²) in [5.74, 6) is 1.68. The number of halogens is 1. The van der Waals surface area contributed by atoms with Gasteiger partial charge in [-0.25, -0.2) is 0 Å². The van der Waals surface area contributed by atoms with Crippen LogP contribution in [0, 0.1) is 34.5 Å². The Morgan fingerprint density at radius 1 is 1.19 bits per heavy atom. The standard InChI is InChI=1S/C21H23ClN2O3/c22-18-6-17(2-1-16(18)11-23)24-19(25)12-27-20(26)10-21-7-13-3-14(8-21)5-15(4-13)9-21/h1-2,6,13-15H,3-5,7-10,12H2,(H,24,25). The second kappa shape index (κ2) is 7.16. The van der Waals surface area contributed by atoms with E-state index in [1.807, 2.05) is 6.07 Å². The van der Waals surface area contributed by atoms with E-state index < -0.39 is 5.91 Å². The summed E-state index contributed by atoms with van der Waals surface area (Å²) in [5.41, 5.74) is 0.931. The molecular formula is C21H23ClN2O3. The van der Waals surface area contributed by atoms with Crippen molar-refractivity contribution in [3.05, 3.63) is 28.8 Å². The summed E-state index contributed by atoms with van der Waals surface area (Å²) in [7, 11) is 0. The van der Waals surface area contributed by atoms with Crippen LogP contribution in [0.2, 0.25) is 5.02 Å². The molecule has 1 aromatic carbocycles. The van der Waals surface area contributed by atoms with Crippen LogP contribution in [0.25, 0.3) is 0 Å². The molecule has 1 N–H and O–H groups in total. The minimum absolute atomic E-state index is 0.114. The van der Waals surface area contributed by atoms with Gasteiger partial charge in [0.1, 0.15) is 6.07 Å². The van der Waals surface area contributed by atoms with Crippen LogP contribution in [0.3, 0.4) is 0 Å². The van der Waals surface area contributed by atoms with Gasteiger partial charge in [0.05, 0.1) is 17.0 Å². The summed E-state index contributed by atoms with van der Waals surface area (Å²) < 4.78 is 5.25. The number of anilines is 1. The molecule has 0 aromatic heterocycles. The second-order valence-corrected chi connectivity index (χ2v) is 9.02. The number of nitrogens with zero attached hydrogens (tertiary/aromatic N) is 1. The van der Waals surface area contributed by atoms with Crippen molar-refractivity contribution >= 4 is 29.2 Å². The van der Waals surface area contributed by atoms with Crippen LogP contribution < -0.4 is 5.32 Å². The van der Waals surface area contributed by atoms with E-state index in [2.05, 4.69) is 5.32 Å². The molecular weight excluding hydrogens is 364 g/mol. The Morgan fingerprint density at radius 3 is 2.37 bits per heavy atom. The van der Waals surface area contributed by atoms with Crippen molar-refractivity contribution in [2.75, 3.05) is 11.9 Å². The fourth-order valence-electron chi connectivity index (χ4n) is 5.89. The number of carbonyl (C=O) groups excluding carboxylic acids is 2. The van der Waals surface area contributed by atoms with Crippen molar-refractivity contribution in [1.82, 2.24) is 0 Å². The number of esters is 1. The minimum atomic E-state index is -0.408. The van der Waals surface area contributed by atoms with Gasteiger partial charge < -0.3 is 10.1 Å². The molecule has 4 fully saturated rings. The van der Waals surface area contributed by atoms with E-state index in [0.717, 1.165) is 37.0 Å². The first-order valence-electron chi connectivity index (χ1n) is 9.60. The Morgan fingerprint density at radius 2 is 1.81 bits per heavy atom. The van der Waals surface area contributed by atoms with E-state index in [-0.39, 0.29) is 23.0 Å². The molecule has 0 atom stereocenters. The van der Waals surface area contributed by atoms with E-state index in [4.69, 9.17) is 21.6 Å². The Balaban J connectivity index is 1.27. The van der Waals surface area contributed by atoms with Gasteiger partial charge in [-0.1, -0.05) is 11.6 Å². The van der Waals surface area contributed by atoms with Crippen molar-refractivity contribution < 1.29 is 14.3 Å². The van der Waals surface area contributed by atoms with Crippen LogP contribution in [0.15, 0.2) is 18.2 Å². The molecule has 27 heavy (non-hydrogen) atoms. The maximum Gasteiger partial charge on any atom is 0.306 e. The maximum absolute atomic E-state index is 12.4. The Labute approximate surface area is 164 Å². The summed E-state index contributed by atoms with van der Waals surface area (Å²) >= 11 is 5.95. The average molecular weight is 387 g/mol. The normalized spacial score (nSPS) is 30.6. The van der Waals surface area contributed by atoms with Gasteiger partial charge in [-0.2, -0.15) is 5.26 Å². The lowest BCUT2D eigenvalue weighted by Crippen LogP contribution is -2.47. The van der Waals surface area contributed by atoms with Crippen molar-refractivity contribution in [2.24, 2.45) is 23.2 Å². The number of nitrogens with one attached hydrogen (secondary N) is 1. The van der Waals surface area contributed by atoms with Crippen molar-refractivity contribution in [2.45, 2.75) is 44.9 Å². The average Bonchev–Trinajstić information content (AvgIpc) is 2.58. The molecule has 0 saturated heterocycles. The molecule has 0 radical (unpaired) electrons. The molecule has 4 aliphatic rings. The highest BCUT2D eigenvalue weighted by molar-refractivity contribution is 6.32. The number of hydrogen-bond donors (Lipinski definition) is 1. The number of amides is 1. The first-order chi connectivity index (χ1) is 12.9. The molecule has 1 aromatic rings. The quantitative estimate of drug-likeness (QED) is 0.765. The van der Waals surface area contributed by atoms with Crippen molar-refractivity contribution in [3.63, 3.8) is 0 Å². The second-order valence-electron chi connectivity index (χ2n) is 8.61. The predicted molar refractivity (Wildman–Crippen MR) is 101 cm³/mol. The number of ether oxygens (including phenoxy) is 1. The van der Waals surface area contributed by atoms with Gasteiger partial charge in [0, 0.05) is 5.69 Å². The van der Waals surface area contributed by atoms with E-state index >= 15 is 0 Å². The minimum Gasteiger partial charge on any atom is -0.456 e. The summed E-state index contributed by atoms with van der Waals surface area (Å²) in [5, 5.41) is 11.8. The maximum atomic E-state index is 12.4. The number of benzene rings is 1. The van der Waals surface area contributed by atoms with Crippen LogP contribution >= 0.6 is 11.6 Å². The van der Waals surface area contributed by atoms with Gasteiger partial charge in [-0.15, -0.1) is 0 Å². The van der Waals surface area contributed by atoms with Crippen LogP contribution in [0.4, 0.5) is 5.69 Å². The summed E-state index contributed by atoms with van der Waals surface area (Å²) in [6.07, 6.45) is 7.88. The first kappa shape index (κ1) is 18.3. The van der Waals surface area contributed by atoms with Crippen molar-refractivity contribution in [1.29, 1.82) is 5.26 Å². The van der Waals surface area contributed by atoms with Gasteiger partial charge in [0.2, 0.25) is 0 Å². The molecule has 0 spiro atoms. The van der Waals surface area contributed by atoms with E-state index in [1.165, 1.54) is 31.4 Å². The molecule has 5 rings (SSSR count). The lowest BCUT2D eigenvalue weighted by molar-refractivity contribution is -0.154. The lowest BCUT2D eigenvalue weighted by Gasteiger charge is -2.56. The van der Waals surface area contributed by atoms with Gasteiger partial charge in [-0.3, -0.25) is 9.59 Å². The summed E-state index contributed by atoms with van der Waals surface area (Å²) in [6, 6.07) is 6.61. The molecule has 5 nitrogen and oxygen atoms in total. The monoisotopic (exact) mass is 386 g/mol. The van der Waals surface area contributed by atoms with E-state index in [0.29, 0.717) is 17.7 Å². The SMILES string of the molecule is N#Cc1ccc(NC(=O)COC(=O)CC23CC4CC(CC(C4)C2)C3)cc1Cl. The highest BCUT2D eigenvalue weighted by atomic mass is 35.5. The zero-order valence-corrected chi connectivity index (χ0v) is 15.9. The highest BCUT2D eigenvalue weighted by Gasteiger charge is 2.51. The van der Waals surface area contributed by atoms with Crippen LogP contribution in [0.1, 0.15) is 50.5 Å². The van der Waals surface area contributed by atoms with Crippen LogP contribution in [-0.2, 0) is 14.3 Å². The molecule has 0 aliphatic heterocycles. The molecule has 0 heterocycles. The third-order valence-electron chi connectivity index (χ3n) is 6.42. The van der Waals surface area contributed by atoms with Crippen LogP contribution in [-0.4, -0.2) is 18.5 Å². The smallest absolute Gasteiger partial charge is 0.306 e. The number of nitriles is 1. The van der Waals surface area contributed by atoms with Gasteiger partial charge in [-0.05, 0) is 79.9 Å². The van der Waals surface area contributed by atoms with E-state index in [9.17, 15) is 9.59 Å². The molecule has 0 unspecified atom stereocenters. The largest absolute Gasteiger partial charge is 0.456 e.